The van der Waals surface area contributed by atoms with E-state index >= 15 is 0 Å². The third kappa shape index (κ3) is 5.31. The molecular weight excluding hydrogens is 454 g/mol. The van der Waals surface area contributed by atoms with Crippen molar-refractivity contribution in [3.63, 3.8) is 0 Å². The second-order valence-corrected chi connectivity index (χ2v) is 9.29. The van der Waals surface area contributed by atoms with Gasteiger partial charge >= 0.3 is 0 Å². The number of hydrogen-bond acceptors (Lipinski definition) is 5. The molecule has 0 radical (unpaired) electrons. The summed E-state index contributed by atoms with van der Waals surface area (Å²) in [5, 5.41) is 11.4. The van der Waals surface area contributed by atoms with Crippen molar-refractivity contribution in [2.45, 2.75) is 17.4 Å². The predicted octanol–water partition coefficient (Wildman–Crippen LogP) is 3.71. The van der Waals surface area contributed by atoms with Gasteiger partial charge in [-0.05, 0) is 41.8 Å². The van der Waals surface area contributed by atoms with Crippen molar-refractivity contribution in [3.05, 3.63) is 105 Å². The van der Waals surface area contributed by atoms with Gasteiger partial charge in [0.05, 0.1) is 9.82 Å². The number of carbonyl (C=O) groups excluding carboxylic acids is 1. The summed E-state index contributed by atoms with van der Waals surface area (Å²) in [4.78, 5) is 22.9. The number of nitrogens with two attached hydrogens (primary N) is 1. The molecule has 0 aliphatic heterocycles. The van der Waals surface area contributed by atoms with Gasteiger partial charge in [0.15, 0.2) is 0 Å². The molecule has 3 aromatic carbocycles. The lowest BCUT2D eigenvalue weighted by atomic mass is 10.1. The average molecular weight is 474 g/mol. The van der Waals surface area contributed by atoms with Gasteiger partial charge in [-0.25, -0.2) is 8.42 Å². The number of sulfonamides is 1. The molecular formula is C22H20ClN3O5S. The lowest BCUT2D eigenvalue weighted by Crippen LogP contribution is -2.42. The van der Waals surface area contributed by atoms with Crippen LogP contribution < -0.4 is 5.73 Å². The van der Waals surface area contributed by atoms with Crippen LogP contribution in [-0.4, -0.2) is 30.1 Å². The van der Waals surface area contributed by atoms with Crippen LogP contribution in [0.25, 0.3) is 0 Å². The van der Waals surface area contributed by atoms with Crippen LogP contribution in [-0.2, 0) is 21.2 Å². The first-order valence-electron chi connectivity index (χ1n) is 9.55. The number of carbonyl (C=O) groups is 1. The van der Waals surface area contributed by atoms with Crippen LogP contribution in [0, 0.1) is 10.1 Å². The molecule has 3 rings (SSSR count). The second kappa shape index (κ2) is 9.90. The third-order valence-electron chi connectivity index (χ3n) is 4.84. The van der Waals surface area contributed by atoms with E-state index in [1.807, 2.05) is 0 Å². The molecule has 0 saturated carbocycles. The van der Waals surface area contributed by atoms with Crippen molar-refractivity contribution >= 4 is 33.2 Å². The number of nitrogens with zero attached hydrogens (tertiary/aromatic N) is 2. The average Bonchev–Trinajstić information content (AvgIpc) is 2.77. The summed E-state index contributed by atoms with van der Waals surface area (Å²) in [6, 6.07) is 18.5. The molecule has 3 aromatic rings. The zero-order valence-electron chi connectivity index (χ0n) is 16.8. The number of amides is 1. The Hall–Kier alpha value is -3.27. The first-order chi connectivity index (χ1) is 15.2. The molecule has 0 unspecified atom stereocenters. The Morgan fingerprint density at radius 2 is 1.69 bits per heavy atom. The van der Waals surface area contributed by atoms with E-state index in [9.17, 15) is 23.3 Å². The van der Waals surface area contributed by atoms with Crippen molar-refractivity contribution in [1.82, 2.24) is 4.31 Å². The van der Waals surface area contributed by atoms with Gasteiger partial charge in [-0.2, -0.15) is 4.31 Å². The summed E-state index contributed by atoms with van der Waals surface area (Å²) in [7, 11) is -4.17. The molecule has 166 valence electrons. The Bertz CT molecular complexity index is 1220. The van der Waals surface area contributed by atoms with Gasteiger partial charge in [-0.15, -0.1) is 0 Å². The van der Waals surface area contributed by atoms with Gasteiger partial charge < -0.3 is 5.73 Å². The minimum atomic E-state index is -4.17. The number of halogens is 1. The highest BCUT2D eigenvalue weighted by Gasteiger charge is 2.35. The standard InChI is InChI=1S/C22H20ClN3O5S/c23-18-9-11-20(12-10-18)32(30,31)25(21(22(24)27)17-6-2-1-3-7-17)14-13-16-5-4-8-19(15-16)26(28)29/h1-12,15,21H,13-14H2,(H2,24,27)/t21-/m1/s1. The Labute approximate surface area is 190 Å². The molecule has 2 N–H and O–H groups in total. The Kier molecular flexibility index (Phi) is 7.24. The summed E-state index contributed by atoms with van der Waals surface area (Å²) in [6.45, 7) is -0.130. The van der Waals surface area contributed by atoms with Crippen molar-refractivity contribution in [2.24, 2.45) is 5.73 Å². The van der Waals surface area contributed by atoms with Crippen LogP contribution in [0.4, 0.5) is 5.69 Å². The normalized spacial score (nSPS) is 12.4. The minimum absolute atomic E-state index is 0.0527. The Morgan fingerprint density at radius 3 is 2.28 bits per heavy atom. The Morgan fingerprint density at radius 1 is 1.03 bits per heavy atom. The molecule has 0 heterocycles. The van der Waals surface area contributed by atoms with Gasteiger partial charge in [-0.1, -0.05) is 54.1 Å². The number of rotatable bonds is 9. The van der Waals surface area contributed by atoms with Crippen molar-refractivity contribution < 1.29 is 18.1 Å². The maximum atomic E-state index is 13.5. The van der Waals surface area contributed by atoms with Crippen molar-refractivity contribution in [3.8, 4) is 0 Å². The highest BCUT2D eigenvalue weighted by molar-refractivity contribution is 7.89. The molecule has 0 bridgehead atoms. The van der Waals surface area contributed by atoms with Crippen LogP contribution in [0.2, 0.25) is 5.02 Å². The highest BCUT2D eigenvalue weighted by Crippen LogP contribution is 2.29. The van der Waals surface area contributed by atoms with E-state index in [2.05, 4.69) is 0 Å². The number of benzene rings is 3. The maximum absolute atomic E-state index is 13.5. The van der Waals surface area contributed by atoms with E-state index in [4.69, 9.17) is 17.3 Å². The quantitative estimate of drug-likeness (QED) is 0.374. The van der Waals surface area contributed by atoms with Crippen LogP contribution in [0.1, 0.15) is 17.2 Å². The lowest BCUT2D eigenvalue weighted by Gasteiger charge is -2.29. The molecule has 0 fully saturated rings. The van der Waals surface area contributed by atoms with E-state index in [0.29, 0.717) is 16.1 Å². The summed E-state index contributed by atoms with van der Waals surface area (Å²) in [5.74, 6) is -0.840. The van der Waals surface area contributed by atoms with E-state index in [1.54, 1.807) is 36.4 Å². The largest absolute Gasteiger partial charge is 0.368 e. The van der Waals surface area contributed by atoms with Crippen LogP contribution in [0.5, 0.6) is 0 Å². The predicted molar refractivity (Wildman–Crippen MR) is 121 cm³/mol. The molecule has 1 amide bonds. The highest BCUT2D eigenvalue weighted by atomic mass is 35.5. The SMILES string of the molecule is NC(=O)[C@@H](c1ccccc1)N(CCc1cccc([N+](=O)[O-])c1)S(=O)(=O)c1ccc(Cl)cc1. The maximum Gasteiger partial charge on any atom is 0.269 e. The van der Waals surface area contributed by atoms with E-state index in [-0.39, 0.29) is 23.5 Å². The van der Waals surface area contributed by atoms with E-state index in [0.717, 1.165) is 4.31 Å². The molecule has 8 nitrogen and oxygen atoms in total. The molecule has 0 aliphatic carbocycles. The fourth-order valence-corrected chi connectivity index (χ4v) is 5.01. The summed E-state index contributed by atoms with van der Waals surface area (Å²) < 4.78 is 28.1. The van der Waals surface area contributed by atoms with Crippen LogP contribution in [0.15, 0.2) is 83.8 Å². The molecule has 0 aromatic heterocycles. The molecule has 32 heavy (non-hydrogen) atoms. The van der Waals surface area contributed by atoms with Crippen LogP contribution in [0.3, 0.4) is 0 Å². The monoisotopic (exact) mass is 473 g/mol. The summed E-state index contributed by atoms with van der Waals surface area (Å²) >= 11 is 5.89. The molecule has 0 spiro atoms. The number of primary amides is 1. The number of nitro groups is 1. The Balaban J connectivity index is 2.04. The first kappa shape index (κ1) is 23.4. The summed E-state index contributed by atoms with van der Waals surface area (Å²) in [5.41, 5.74) is 6.50. The fraction of sp³-hybridized carbons (Fsp3) is 0.136. The third-order valence-corrected chi connectivity index (χ3v) is 6.97. The fourth-order valence-electron chi connectivity index (χ4n) is 3.30. The molecule has 10 heteroatoms. The molecule has 1 atom stereocenters. The smallest absolute Gasteiger partial charge is 0.269 e. The number of nitro benzene ring substituents is 1. The minimum Gasteiger partial charge on any atom is -0.368 e. The van der Waals surface area contributed by atoms with Gasteiger partial charge in [-0.3, -0.25) is 14.9 Å². The molecule has 0 aliphatic rings. The molecule has 0 saturated heterocycles. The van der Waals surface area contributed by atoms with Gasteiger partial charge in [0, 0.05) is 23.7 Å². The second-order valence-electron chi connectivity index (χ2n) is 6.96. The van der Waals surface area contributed by atoms with Crippen LogP contribution >= 0.6 is 11.6 Å². The van der Waals surface area contributed by atoms with Gasteiger partial charge in [0.2, 0.25) is 15.9 Å². The van der Waals surface area contributed by atoms with E-state index in [1.165, 1.54) is 42.5 Å². The zero-order valence-corrected chi connectivity index (χ0v) is 18.4. The lowest BCUT2D eigenvalue weighted by molar-refractivity contribution is -0.384. The van der Waals surface area contributed by atoms with Crippen molar-refractivity contribution in [2.75, 3.05) is 6.54 Å². The zero-order chi connectivity index (χ0) is 23.3. The van der Waals surface area contributed by atoms with Crippen molar-refractivity contribution in [1.29, 1.82) is 0 Å². The summed E-state index contributed by atoms with van der Waals surface area (Å²) in [6.07, 6.45) is 0.130. The van der Waals surface area contributed by atoms with Gasteiger partial charge in [0.1, 0.15) is 6.04 Å². The first-order valence-corrected chi connectivity index (χ1v) is 11.4. The number of non-ortho nitro benzene ring substituents is 1. The van der Waals surface area contributed by atoms with E-state index < -0.39 is 26.9 Å². The van der Waals surface area contributed by atoms with Gasteiger partial charge in [0.25, 0.3) is 5.69 Å². The topological polar surface area (TPSA) is 124 Å². The number of hydrogen-bond donors (Lipinski definition) is 1.